The van der Waals surface area contributed by atoms with Gasteiger partial charge in [0.25, 0.3) is 0 Å². The van der Waals surface area contributed by atoms with Crippen LogP contribution in [0.3, 0.4) is 0 Å². The molecule has 0 spiro atoms. The number of nitrogens with zero attached hydrogens (tertiary/aromatic N) is 3. The summed E-state index contributed by atoms with van der Waals surface area (Å²) in [5, 5.41) is 7.68. The molecule has 0 bridgehead atoms. The van der Waals surface area contributed by atoms with Crippen molar-refractivity contribution < 1.29 is 0 Å². The van der Waals surface area contributed by atoms with Gasteiger partial charge in [0.15, 0.2) is 0 Å². The van der Waals surface area contributed by atoms with Gasteiger partial charge in [-0.05, 0) is 6.42 Å². The highest BCUT2D eigenvalue weighted by molar-refractivity contribution is 4.91. The quantitative estimate of drug-likeness (QED) is 0.694. The summed E-state index contributed by atoms with van der Waals surface area (Å²) in [4.78, 5) is 0. The van der Waals surface area contributed by atoms with E-state index in [4.69, 9.17) is 5.73 Å². The average Bonchev–Trinajstić information content (AvgIpc) is 2.36. The molecule has 0 aliphatic carbocycles. The van der Waals surface area contributed by atoms with E-state index in [1.165, 1.54) is 0 Å². The van der Waals surface area contributed by atoms with E-state index in [-0.39, 0.29) is 6.04 Å². The van der Waals surface area contributed by atoms with Crippen molar-refractivity contribution in [1.82, 2.24) is 14.8 Å². The summed E-state index contributed by atoms with van der Waals surface area (Å²) < 4.78 is 1.86. The van der Waals surface area contributed by atoms with Crippen molar-refractivity contribution in [3.05, 3.63) is 12.2 Å². The maximum absolute atomic E-state index is 5.83. The zero-order valence-electron chi connectivity index (χ0n) is 6.99. The first kappa shape index (κ1) is 8.20. The Bertz CT molecular complexity index is 218. The minimum absolute atomic E-state index is 0.0347. The molecule has 4 nitrogen and oxygen atoms in total. The van der Waals surface area contributed by atoms with Crippen molar-refractivity contribution in [1.29, 1.82) is 0 Å². The van der Waals surface area contributed by atoms with Crippen LogP contribution in [0.15, 0.2) is 6.33 Å². The Labute approximate surface area is 66.4 Å². The molecule has 1 aromatic heterocycles. The third-order valence-electron chi connectivity index (χ3n) is 1.68. The topological polar surface area (TPSA) is 56.7 Å². The van der Waals surface area contributed by atoms with Crippen LogP contribution >= 0.6 is 0 Å². The van der Waals surface area contributed by atoms with Crippen molar-refractivity contribution in [3.8, 4) is 0 Å². The van der Waals surface area contributed by atoms with E-state index >= 15 is 0 Å². The summed E-state index contributed by atoms with van der Waals surface area (Å²) in [7, 11) is 1.91. The Hall–Kier alpha value is -0.900. The smallest absolute Gasteiger partial charge is 0.149 e. The second kappa shape index (κ2) is 3.48. The van der Waals surface area contributed by atoms with Crippen molar-refractivity contribution >= 4 is 0 Å². The van der Waals surface area contributed by atoms with Crippen molar-refractivity contribution in [2.45, 2.75) is 25.8 Å². The first-order chi connectivity index (χ1) is 5.25. The fraction of sp³-hybridized carbons (Fsp3) is 0.714. The van der Waals surface area contributed by atoms with Crippen LogP contribution < -0.4 is 5.73 Å². The molecule has 0 aliphatic rings. The first-order valence-corrected chi connectivity index (χ1v) is 3.85. The summed E-state index contributed by atoms with van der Waals surface area (Å²) >= 11 is 0. The number of aryl methyl sites for hydroxylation is 1. The summed E-state index contributed by atoms with van der Waals surface area (Å²) in [5.41, 5.74) is 5.83. The fourth-order valence-corrected chi connectivity index (χ4v) is 1.07. The maximum atomic E-state index is 5.83. The molecule has 0 amide bonds. The van der Waals surface area contributed by atoms with E-state index in [1.54, 1.807) is 6.33 Å². The number of nitrogens with two attached hydrogens (primary N) is 1. The van der Waals surface area contributed by atoms with Gasteiger partial charge in [0.1, 0.15) is 12.2 Å². The second-order valence-corrected chi connectivity index (χ2v) is 2.70. The van der Waals surface area contributed by atoms with Crippen LogP contribution in [-0.4, -0.2) is 14.8 Å². The maximum Gasteiger partial charge on any atom is 0.149 e. The highest BCUT2D eigenvalue weighted by atomic mass is 15.3. The van der Waals surface area contributed by atoms with E-state index in [0.717, 1.165) is 18.7 Å². The highest BCUT2D eigenvalue weighted by Crippen LogP contribution is 2.10. The Morgan fingerprint density at radius 1 is 1.73 bits per heavy atom. The lowest BCUT2D eigenvalue weighted by Gasteiger charge is -2.07. The van der Waals surface area contributed by atoms with Crippen LogP contribution in [0, 0.1) is 0 Å². The van der Waals surface area contributed by atoms with Gasteiger partial charge in [0, 0.05) is 7.05 Å². The van der Waals surface area contributed by atoms with Gasteiger partial charge in [-0.25, -0.2) is 0 Å². The van der Waals surface area contributed by atoms with Crippen LogP contribution in [0.5, 0.6) is 0 Å². The highest BCUT2D eigenvalue weighted by Gasteiger charge is 2.09. The zero-order valence-corrected chi connectivity index (χ0v) is 6.99. The number of rotatable bonds is 3. The molecule has 0 saturated carbocycles. The Morgan fingerprint density at radius 2 is 2.45 bits per heavy atom. The molecule has 2 N–H and O–H groups in total. The molecule has 1 aromatic rings. The Balaban J connectivity index is 2.67. The number of hydrogen-bond donors (Lipinski definition) is 1. The zero-order chi connectivity index (χ0) is 8.27. The Morgan fingerprint density at radius 3 is 2.91 bits per heavy atom. The average molecular weight is 154 g/mol. The summed E-state index contributed by atoms with van der Waals surface area (Å²) in [5.74, 6) is 0.867. The van der Waals surface area contributed by atoms with Crippen LogP contribution in [0.1, 0.15) is 31.6 Å². The molecule has 0 fully saturated rings. The van der Waals surface area contributed by atoms with Gasteiger partial charge >= 0.3 is 0 Å². The predicted molar refractivity (Wildman–Crippen MR) is 42.8 cm³/mol. The fourth-order valence-electron chi connectivity index (χ4n) is 1.07. The van der Waals surface area contributed by atoms with Gasteiger partial charge in [0.2, 0.25) is 0 Å². The lowest BCUT2D eigenvalue weighted by molar-refractivity contribution is 0.578. The SMILES string of the molecule is CCC[C@@H](N)c1nncn1C. The normalized spacial score (nSPS) is 13.4. The largest absolute Gasteiger partial charge is 0.321 e. The molecule has 0 aromatic carbocycles. The molecule has 4 heteroatoms. The molecule has 1 heterocycles. The lowest BCUT2D eigenvalue weighted by Crippen LogP contribution is -2.14. The predicted octanol–water partition coefficient (Wildman–Crippen LogP) is 0.615. The molecule has 11 heavy (non-hydrogen) atoms. The summed E-state index contributed by atoms with van der Waals surface area (Å²) in [6.45, 7) is 2.11. The van der Waals surface area contributed by atoms with Crippen LogP contribution in [0.4, 0.5) is 0 Å². The van der Waals surface area contributed by atoms with Crippen LogP contribution in [-0.2, 0) is 7.05 Å². The van der Waals surface area contributed by atoms with E-state index in [1.807, 2.05) is 11.6 Å². The minimum atomic E-state index is 0.0347. The standard InChI is InChI=1S/C7H14N4/c1-3-4-6(8)7-10-9-5-11(7)2/h5-6H,3-4,8H2,1-2H3/t6-/m1/s1. The molecule has 0 unspecified atom stereocenters. The van der Waals surface area contributed by atoms with E-state index < -0.39 is 0 Å². The second-order valence-electron chi connectivity index (χ2n) is 2.70. The van der Waals surface area contributed by atoms with Crippen LogP contribution in [0.25, 0.3) is 0 Å². The minimum Gasteiger partial charge on any atom is -0.321 e. The molecule has 1 rings (SSSR count). The molecule has 62 valence electrons. The van der Waals surface area contributed by atoms with Gasteiger partial charge in [0.05, 0.1) is 6.04 Å². The summed E-state index contributed by atoms with van der Waals surface area (Å²) in [6, 6.07) is 0.0347. The lowest BCUT2D eigenvalue weighted by atomic mass is 10.2. The van der Waals surface area contributed by atoms with Gasteiger partial charge in [-0.2, -0.15) is 0 Å². The monoisotopic (exact) mass is 154 g/mol. The van der Waals surface area contributed by atoms with Crippen molar-refractivity contribution in [2.75, 3.05) is 0 Å². The van der Waals surface area contributed by atoms with Gasteiger partial charge in [-0.3, -0.25) is 0 Å². The molecular weight excluding hydrogens is 140 g/mol. The third kappa shape index (κ3) is 1.77. The van der Waals surface area contributed by atoms with E-state index in [0.29, 0.717) is 0 Å². The van der Waals surface area contributed by atoms with E-state index in [2.05, 4.69) is 17.1 Å². The van der Waals surface area contributed by atoms with Gasteiger partial charge in [-0.15, -0.1) is 10.2 Å². The van der Waals surface area contributed by atoms with E-state index in [9.17, 15) is 0 Å². The van der Waals surface area contributed by atoms with Crippen LogP contribution in [0.2, 0.25) is 0 Å². The first-order valence-electron chi connectivity index (χ1n) is 3.85. The van der Waals surface area contributed by atoms with Gasteiger partial charge < -0.3 is 10.3 Å². The van der Waals surface area contributed by atoms with Gasteiger partial charge in [-0.1, -0.05) is 13.3 Å². The molecule has 0 saturated heterocycles. The third-order valence-corrected chi connectivity index (χ3v) is 1.68. The number of aromatic nitrogens is 3. The molecule has 0 radical (unpaired) electrons. The molecule has 1 atom stereocenters. The van der Waals surface area contributed by atoms with Crippen molar-refractivity contribution in [3.63, 3.8) is 0 Å². The molecular formula is C7H14N4. The Kier molecular flexibility index (Phi) is 2.59. The summed E-state index contributed by atoms with van der Waals surface area (Å²) in [6.07, 6.45) is 3.71. The molecule has 0 aliphatic heterocycles. The number of hydrogen-bond acceptors (Lipinski definition) is 3. The van der Waals surface area contributed by atoms with Crippen molar-refractivity contribution in [2.24, 2.45) is 12.8 Å².